The van der Waals surface area contributed by atoms with Crippen LogP contribution in [-0.4, -0.2) is 37.0 Å². The first-order chi connectivity index (χ1) is 9.50. The molecule has 1 saturated heterocycles. The Kier molecular flexibility index (Phi) is 4.74. The Bertz CT molecular complexity index is 577. The van der Waals surface area contributed by atoms with E-state index in [2.05, 4.69) is 0 Å². The molecule has 0 spiro atoms. The minimum atomic E-state index is -3.72. The van der Waals surface area contributed by atoms with E-state index in [-0.39, 0.29) is 23.6 Å². The molecule has 1 fully saturated rings. The maximum Gasteiger partial charge on any atom is 0.243 e. The topological polar surface area (TPSA) is 83.6 Å². The molecule has 0 radical (unpaired) electrons. The van der Waals surface area contributed by atoms with E-state index in [4.69, 9.17) is 5.73 Å². The Balaban J connectivity index is 2.38. The van der Waals surface area contributed by atoms with Crippen molar-refractivity contribution in [2.45, 2.75) is 36.7 Å². The van der Waals surface area contributed by atoms with Crippen molar-refractivity contribution < 1.29 is 17.9 Å². The number of hydrogen-bond donors (Lipinski definition) is 2. The quantitative estimate of drug-likeness (QED) is 0.862. The van der Waals surface area contributed by atoms with Crippen LogP contribution >= 0.6 is 0 Å². The lowest BCUT2D eigenvalue weighted by molar-refractivity contribution is 0.155. The summed E-state index contributed by atoms with van der Waals surface area (Å²) < 4.78 is 39.9. The summed E-state index contributed by atoms with van der Waals surface area (Å²) in [6, 6.07) is 3.23. The van der Waals surface area contributed by atoms with Gasteiger partial charge < -0.3 is 10.8 Å². The standard InChI is InChI=1S/C13H19FN2O3S/c14-13-5-4-12(7-10(13)8-15)20(18,19)16-6-2-1-3-11(16)9-17/h4-5,7,11,17H,1-3,6,8-9,15H2. The van der Waals surface area contributed by atoms with Crippen LogP contribution in [0.2, 0.25) is 0 Å². The van der Waals surface area contributed by atoms with Crippen LogP contribution in [0.5, 0.6) is 0 Å². The number of nitrogens with two attached hydrogens (primary N) is 1. The van der Waals surface area contributed by atoms with Gasteiger partial charge in [-0.3, -0.25) is 0 Å². The van der Waals surface area contributed by atoms with E-state index in [1.54, 1.807) is 0 Å². The number of benzene rings is 1. The van der Waals surface area contributed by atoms with Crippen LogP contribution in [0, 0.1) is 5.82 Å². The molecule has 1 unspecified atom stereocenters. The number of aliphatic hydroxyl groups is 1. The van der Waals surface area contributed by atoms with Crippen molar-refractivity contribution in [3.8, 4) is 0 Å². The van der Waals surface area contributed by atoms with Gasteiger partial charge in [0.05, 0.1) is 11.5 Å². The highest BCUT2D eigenvalue weighted by Gasteiger charge is 2.33. The predicted octanol–water partition coefficient (Wildman–Crippen LogP) is 0.820. The van der Waals surface area contributed by atoms with E-state index >= 15 is 0 Å². The second kappa shape index (κ2) is 6.17. The van der Waals surface area contributed by atoms with Gasteiger partial charge in [-0.15, -0.1) is 0 Å². The molecule has 0 aromatic heterocycles. The smallest absolute Gasteiger partial charge is 0.243 e. The summed E-state index contributed by atoms with van der Waals surface area (Å²) in [5.41, 5.74) is 5.58. The predicted molar refractivity (Wildman–Crippen MR) is 72.9 cm³/mol. The Morgan fingerprint density at radius 1 is 1.40 bits per heavy atom. The van der Waals surface area contributed by atoms with Gasteiger partial charge in [0.2, 0.25) is 10.0 Å². The van der Waals surface area contributed by atoms with E-state index in [1.165, 1.54) is 16.4 Å². The summed E-state index contributed by atoms with van der Waals surface area (Å²) in [6.45, 7) is 0.117. The molecule has 1 heterocycles. The summed E-state index contributed by atoms with van der Waals surface area (Å²) >= 11 is 0. The van der Waals surface area contributed by atoms with Gasteiger partial charge in [0.15, 0.2) is 0 Å². The maximum absolute atomic E-state index is 13.4. The van der Waals surface area contributed by atoms with Gasteiger partial charge in [0, 0.05) is 24.7 Å². The van der Waals surface area contributed by atoms with E-state index in [1.807, 2.05) is 0 Å². The maximum atomic E-state index is 13.4. The summed E-state index contributed by atoms with van der Waals surface area (Å²) in [6.07, 6.45) is 2.30. The molecule has 1 atom stereocenters. The molecular weight excluding hydrogens is 283 g/mol. The molecule has 1 aliphatic heterocycles. The van der Waals surface area contributed by atoms with Crippen LogP contribution in [0.4, 0.5) is 4.39 Å². The average Bonchev–Trinajstić information content (AvgIpc) is 2.47. The SMILES string of the molecule is NCc1cc(S(=O)(=O)N2CCCCC2CO)ccc1F. The molecule has 0 aliphatic carbocycles. The van der Waals surface area contributed by atoms with Gasteiger partial charge in [0.25, 0.3) is 0 Å². The molecule has 3 N–H and O–H groups in total. The highest BCUT2D eigenvalue weighted by molar-refractivity contribution is 7.89. The highest BCUT2D eigenvalue weighted by Crippen LogP contribution is 2.26. The average molecular weight is 302 g/mol. The monoisotopic (exact) mass is 302 g/mol. The van der Waals surface area contributed by atoms with E-state index in [0.29, 0.717) is 13.0 Å². The van der Waals surface area contributed by atoms with Crippen molar-refractivity contribution in [3.05, 3.63) is 29.6 Å². The first-order valence-electron chi connectivity index (χ1n) is 6.62. The molecule has 0 amide bonds. The fourth-order valence-electron chi connectivity index (χ4n) is 2.48. The van der Waals surface area contributed by atoms with Crippen molar-refractivity contribution in [3.63, 3.8) is 0 Å². The van der Waals surface area contributed by atoms with Crippen LogP contribution in [0.15, 0.2) is 23.1 Å². The number of nitrogens with zero attached hydrogens (tertiary/aromatic N) is 1. The summed E-state index contributed by atoms with van der Waals surface area (Å²) in [4.78, 5) is 0.0275. The Morgan fingerprint density at radius 2 is 2.15 bits per heavy atom. The number of hydrogen-bond acceptors (Lipinski definition) is 4. The number of piperidine rings is 1. The molecule has 1 aliphatic rings. The molecule has 20 heavy (non-hydrogen) atoms. The van der Waals surface area contributed by atoms with Crippen LogP contribution in [0.25, 0.3) is 0 Å². The third-order valence-electron chi connectivity index (χ3n) is 3.63. The fraction of sp³-hybridized carbons (Fsp3) is 0.538. The zero-order valence-electron chi connectivity index (χ0n) is 11.1. The van der Waals surface area contributed by atoms with E-state index < -0.39 is 21.9 Å². The van der Waals surface area contributed by atoms with Crippen molar-refractivity contribution >= 4 is 10.0 Å². The number of sulfonamides is 1. The lowest BCUT2D eigenvalue weighted by Gasteiger charge is -2.33. The Labute approximate surface area is 118 Å². The molecule has 0 saturated carbocycles. The number of aliphatic hydroxyl groups excluding tert-OH is 1. The molecule has 1 aromatic rings. The molecule has 2 rings (SSSR count). The third-order valence-corrected chi connectivity index (χ3v) is 5.58. The van der Waals surface area contributed by atoms with Crippen LogP contribution in [0.3, 0.4) is 0 Å². The minimum absolute atomic E-state index is 0.0275. The van der Waals surface area contributed by atoms with Crippen LogP contribution < -0.4 is 5.73 Å². The number of rotatable bonds is 4. The van der Waals surface area contributed by atoms with Crippen molar-refractivity contribution in [2.75, 3.05) is 13.2 Å². The normalized spacial score (nSPS) is 21.1. The molecule has 5 nitrogen and oxygen atoms in total. The molecule has 0 bridgehead atoms. The van der Waals surface area contributed by atoms with Gasteiger partial charge >= 0.3 is 0 Å². The zero-order chi connectivity index (χ0) is 14.8. The first kappa shape index (κ1) is 15.4. The van der Waals surface area contributed by atoms with E-state index in [9.17, 15) is 17.9 Å². The highest BCUT2D eigenvalue weighted by atomic mass is 32.2. The second-order valence-electron chi connectivity index (χ2n) is 4.91. The second-order valence-corrected chi connectivity index (χ2v) is 6.80. The van der Waals surface area contributed by atoms with Gasteiger partial charge in [-0.05, 0) is 31.0 Å². The summed E-state index contributed by atoms with van der Waals surface area (Å²) in [7, 11) is -3.72. The summed E-state index contributed by atoms with van der Waals surface area (Å²) in [5.74, 6) is -0.510. The molecule has 112 valence electrons. The zero-order valence-corrected chi connectivity index (χ0v) is 11.9. The van der Waals surface area contributed by atoms with Gasteiger partial charge in [-0.2, -0.15) is 4.31 Å². The van der Waals surface area contributed by atoms with Crippen LogP contribution in [-0.2, 0) is 16.6 Å². The minimum Gasteiger partial charge on any atom is -0.395 e. The van der Waals surface area contributed by atoms with Crippen molar-refractivity contribution in [1.29, 1.82) is 0 Å². The van der Waals surface area contributed by atoms with Gasteiger partial charge in [-0.25, -0.2) is 12.8 Å². The first-order valence-corrected chi connectivity index (χ1v) is 8.06. The van der Waals surface area contributed by atoms with Crippen molar-refractivity contribution in [1.82, 2.24) is 4.31 Å². The number of halogens is 1. The van der Waals surface area contributed by atoms with Crippen LogP contribution in [0.1, 0.15) is 24.8 Å². The lowest BCUT2D eigenvalue weighted by Crippen LogP contribution is -2.45. The van der Waals surface area contributed by atoms with Crippen molar-refractivity contribution in [2.24, 2.45) is 5.73 Å². The Morgan fingerprint density at radius 3 is 2.80 bits per heavy atom. The van der Waals surface area contributed by atoms with Gasteiger partial charge in [0.1, 0.15) is 5.82 Å². The largest absolute Gasteiger partial charge is 0.395 e. The molecule has 7 heteroatoms. The lowest BCUT2D eigenvalue weighted by atomic mass is 10.1. The van der Waals surface area contributed by atoms with Gasteiger partial charge in [-0.1, -0.05) is 6.42 Å². The Hall–Kier alpha value is -1.02. The summed E-state index contributed by atoms with van der Waals surface area (Å²) in [5, 5.41) is 9.33. The molecule has 1 aromatic carbocycles. The fourth-order valence-corrected chi connectivity index (χ4v) is 4.21. The van der Waals surface area contributed by atoms with E-state index in [0.717, 1.165) is 18.9 Å². The molecular formula is C13H19FN2O3S. The third kappa shape index (κ3) is 2.85.